The maximum Gasteiger partial charge on any atom is 1.00 e. The van der Waals surface area contributed by atoms with Crippen LogP contribution in [0.4, 0.5) is 0 Å². The molecule has 8 rings (SSSR count). The van der Waals surface area contributed by atoms with Gasteiger partial charge in [-0.3, -0.25) is 19.8 Å². The van der Waals surface area contributed by atoms with Crippen molar-refractivity contribution in [2.45, 2.75) is 45.7 Å². The molecular weight excluding hydrogens is 889 g/mol. The third-order valence-electron chi connectivity index (χ3n) is 10.5. The predicted molar refractivity (Wildman–Crippen MR) is 274 cm³/mol. The van der Waals surface area contributed by atoms with Crippen LogP contribution in [0.2, 0.25) is 0 Å². The van der Waals surface area contributed by atoms with E-state index in [1.807, 2.05) is 78.9 Å². The number of carbonyl (C=O) groups excluding carboxylic acids is 3. The molecule has 0 fully saturated rings. The number of aliphatic hydroxyl groups excluding tert-OH is 1. The van der Waals surface area contributed by atoms with E-state index >= 15 is 0 Å². The Morgan fingerprint density at radius 1 is 0.614 bits per heavy atom. The minimum atomic E-state index is -0.182. The SMILES string of the molecule is CCO.COc1ccc(/C=N/NC(=O)CCc2nc3ccccc3n2Cc2ccccc2)cc1OC.COc1ccc(C=O)cc1OC.NNC(=O)CCc1nc2ccccc2n1Cc1ccccc1.[H+]. The summed E-state index contributed by atoms with van der Waals surface area (Å²) in [6, 6.07) is 46.9. The number of nitrogens with zero attached hydrogens (tertiary/aromatic N) is 5. The van der Waals surface area contributed by atoms with Crippen molar-refractivity contribution in [3.8, 4) is 23.0 Å². The zero-order valence-electron chi connectivity index (χ0n) is 41.1. The third kappa shape index (κ3) is 15.3. The van der Waals surface area contributed by atoms with Crippen LogP contribution in [0.1, 0.15) is 59.9 Å². The Balaban J connectivity index is 0.000000247. The number of hydrogen-bond acceptors (Lipinski definition) is 12. The molecule has 0 aliphatic heterocycles. The minimum absolute atomic E-state index is 0. The molecule has 5 N–H and O–H groups in total. The number of aldehydes is 1. The van der Waals surface area contributed by atoms with Crippen LogP contribution in [0, 0.1) is 0 Å². The van der Waals surface area contributed by atoms with Crippen molar-refractivity contribution in [3.05, 3.63) is 179 Å². The van der Waals surface area contributed by atoms with Crippen molar-refractivity contribution in [1.82, 2.24) is 30.0 Å². The van der Waals surface area contributed by atoms with Gasteiger partial charge in [0.15, 0.2) is 23.0 Å². The van der Waals surface area contributed by atoms with Crippen LogP contribution >= 0.6 is 0 Å². The number of aliphatic hydroxyl groups is 1. The van der Waals surface area contributed by atoms with E-state index < -0.39 is 0 Å². The first-order valence-electron chi connectivity index (χ1n) is 22.5. The van der Waals surface area contributed by atoms with E-state index in [-0.39, 0.29) is 26.3 Å². The van der Waals surface area contributed by atoms with Gasteiger partial charge in [0.1, 0.15) is 17.9 Å². The van der Waals surface area contributed by atoms with Crippen LogP contribution in [0.5, 0.6) is 23.0 Å². The van der Waals surface area contributed by atoms with Crippen molar-refractivity contribution in [2.75, 3.05) is 35.0 Å². The van der Waals surface area contributed by atoms with Crippen molar-refractivity contribution in [2.24, 2.45) is 10.9 Å². The second-order valence-electron chi connectivity index (χ2n) is 15.2. The first-order valence-corrected chi connectivity index (χ1v) is 22.5. The number of hydrazine groups is 1. The molecule has 0 saturated carbocycles. The van der Waals surface area contributed by atoms with Gasteiger partial charge < -0.3 is 33.2 Å². The first kappa shape index (κ1) is 52.6. The highest BCUT2D eigenvalue weighted by Crippen LogP contribution is 2.28. The number of rotatable bonds is 17. The molecule has 0 radical (unpaired) electrons. The van der Waals surface area contributed by atoms with E-state index in [1.165, 1.54) is 18.2 Å². The molecule has 364 valence electrons. The summed E-state index contributed by atoms with van der Waals surface area (Å²) in [5.74, 6) is 9.00. The van der Waals surface area contributed by atoms with Crippen LogP contribution < -0.4 is 35.6 Å². The fraction of sp³-hybridized carbons (Fsp3) is 0.222. The molecule has 6 aromatic carbocycles. The number of nitrogens with one attached hydrogen (secondary N) is 2. The maximum atomic E-state index is 12.4. The van der Waals surface area contributed by atoms with Crippen LogP contribution in [0.15, 0.2) is 151 Å². The number of fused-ring (bicyclic) bond motifs is 2. The first-order chi connectivity index (χ1) is 34.2. The summed E-state index contributed by atoms with van der Waals surface area (Å²) in [5, 5.41) is 11.6. The number of hydrazone groups is 1. The number of para-hydroxylation sites is 4. The van der Waals surface area contributed by atoms with E-state index in [0.29, 0.717) is 54.4 Å². The van der Waals surface area contributed by atoms with Crippen molar-refractivity contribution in [3.63, 3.8) is 0 Å². The molecule has 8 aromatic rings. The summed E-state index contributed by atoms with van der Waals surface area (Å²) in [6.07, 6.45) is 4.02. The molecule has 2 amide bonds. The summed E-state index contributed by atoms with van der Waals surface area (Å²) in [4.78, 5) is 43.6. The van der Waals surface area contributed by atoms with E-state index in [2.05, 4.69) is 66.5 Å². The average Bonchev–Trinajstić information content (AvgIpc) is 3.94. The summed E-state index contributed by atoms with van der Waals surface area (Å²) >= 11 is 0. The van der Waals surface area contributed by atoms with Crippen molar-refractivity contribution >= 4 is 46.4 Å². The third-order valence-corrected chi connectivity index (χ3v) is 10.5. The molecular formula is C54H61N8O8+. The number of methoxy groups -OCH3 is 4. The molecule has 2 heterocycles. The van der Waals surface area contributed by atoms with Crippen LogP contribution in [0.3, 0.4) is 0 Å². The highest BCUT2D eigenvalue weighted by Gasteiger charge is 2.14. The lowest BCUT2D eigenvalue weighted by molar-refractivity contribution is -0.121. The van der Waals surface area contributed by atoms with Gasteiger partial charge in [-0.25, -0.2) is 21.2 Å². The number of hydrogen-bond donors (Lipinski definition) is 4. The fourth-order valence-electron chi connectivity index (χ4n) is 7.13. The van der Waals surface area contributed by atoms with Gasteiger partial charge in [0.2, 0.25) is 11.8 Å². The molecule has 16 nitrogen and oxygen atoms in total. The Kier molecular flexibility index (Phi) is 21.1. The lowest BCUT2D eigenvalue weighted by Gasteiger charge is -2.09. The topological polar surface area (TPSA) is 206 Å². The Morgan fingerprint density at radius 2 is 1.03 bits per heavy atom. The number of benzene rings is 6. The average molecular weight is 950 g/mol. The maximum absolute atomic E-state index is 12.4. The van der Waals surface area contributed by atoms with Crippen LogP contribution in [-0.2, 0) is 35.5 Å². The molecule has 0 aliphatic carbocycles. The minimum Gasteiger partial charge on any atom is -0.493 e. The van der Waals surface area contributed by atoms with Gasteiger partial charge >= 0.3 is 1.43 Å². The summed E-state index contributed by atoms with van der Waals surface area (Å²) in [5.41, 5.74) is 12.5. The zero-order chi connectivity index (χ0) is 50.1. The van der Waals surface area contributed by atoms with E-state index in [9.17, 15) is 14.4 Å². The summed E-state index contributed by atoms with van der Waals surface area (Å²) < 4.78 is 24.8. The smallest absolute Gasteiger partial charge is 0.493 e. The zero-order valence-corrected chi connectivity index (χ0v) is 40.1. The Bertz CT molecular complexity index is 2930. The number of amides is 2. The van der Waals surface area contributed by atoms with Gasteiger partial charge in [0, 0.05) is 50.9 Å². The number of ether oxygens (including phenoxy) is 4. The molecule has 0 atom stereocenters. The van der Waals surface area contributed by atoms with Crippen molar-refractivity contribution in [1.29, 1.82) is 0 Å². The molecule has 0 bridgehead atoms. The number of aryl methyl sites for hydroxylation is 2. The predicted octanol–water partition coefficient (Wildman–Crippen LogP) is 7.82. The summed E-state index contributed by atoms with van der Waals surface area (Å²) in [7, 11) is 6.25. The molecule has 0 spiro atoms. The van der Waals surface area contributed by atoms with Crippen molar-refractivity contribution < 1.29 is 39.9 Å². The number of carbonyl (C=O) groups is 3. The Labute approximate surface area is 409 Å². The van der Waals surface area contributed by atoms with Gasteiger partial charge in [0.05, 0.1) is 56.7 Å². The second-order valence-corrected chi connectivity index (χ2v) is 15.2. The lowest BCUT2D eigenvalue weighted by atomic mass is 10.2. The van der Waals surface area contributed by atoms with Gasteiger partial charge in [0.25, 0.3) is 0 Å². The monoisotopic (exact) mass is 949 g/mol. The van der Waals surface area contributed by atoms with Gasteiger partial charge in [-0.05, 0) is 84.3 Å². The van der Waals surface area contributed by atoms with Gasteiger partial charge in [-0.1, -0.05) is 84.9 Å². The van der Waals surface area contributed by atoms with Gasteiger partial charge in [-0.2, -0.15) is 5.10 Å². The molecule has 70 heavy (non-hydrogen) atoms. The number of nitrogens with two attached hydrogens (primary N) is 1. The second kappa shape index (κ2) is 28.1. The van der Waals surface area contributed by atoms with Crippen LogP contribution in [0.25, 0.3) is 22.1 Å². The standard InChI is InChI=1S/C26H26N4O3.C17H18N4O.C9H10O3.C2H6O/c1-32-23-13-12-20(16-24(23)33-2)17-27-29-26(31)15-14-25-28-21-10-6-7-11-22(21)30(25)18-19-8-4-3-5-9-19;18-20-17(22)11-10-16-19-14-8-4-5-9-15(14)21(16)12-13-6-2-1-3-7-13;1-11-8-4-3-7(6-10)5-9(8)12-2;1-2-3/h3-13,16-17H,14-15,18H2,1-2H3,(H,29,31);1-9H,10-12,18H2,(H,20,22);3-6H,1-2H3;3H,2H2,1H3/p+1/b27-17+;;;. The quantitative estimate of drug-likeness (QED) is 0.0228. The normalized spacial score (nSPS) is 10.4. The largest absolute Gasteiger partial charge is 1.00 e. The number of imidazole rings is 2. The highest BCUT2D eigenvalue weighted by molar-refractivity contribution is 5.84. The molecule has 0 aliphatic rings. The lowest BCUT2D eigenvalue weighted by Crippen LogP contribution is -2.30. The Hall–Kier alpha value is -8.34. The van der Waals surface area contributed by atoms with E-state index in [0.717, 1.165) is 52.1 Å². The molecule has 16 heteroatoms. The van der Waals surface area contributed by atoms with Crippen LogP contribution in [-0.4, -0.2) is 83.6 Å². The van der Waals surface area contributed by atoms with Gasteiger partial charge in [-0.15, -0.1) is 0 Å². The van der Waals surface area contributed by atoms with E-state index in [1.54, 1.807) is 64.8 Å². The Morgan fingerprint density at radius 3 is 1.47 bits per heavy atom. The van der Waals surface area contributed by atoms with E-state index in [4.69, 9.17) is 34.9 Å². The number of aromatic nitrogens is 4. The molecule has 0 unspecified atom stereocenters. The highest BCUT2D eigenvalue weighted by atomic mass is 16.5. The molecule has 2 aromatic heterocycles. The summed E-state index contributed by atoms with van der Waals surface area (Å²) in [6.45, 7) is 3.37. The fourth-order valence-corrected chi connectivity index (χ4v) is 7.13. The molecule has 0 saturated heterocycles.